The van der Waals surface area contributed by atoms with Gasteiger partial charge in [0.15, 0.2) is 9.84 Å². The van der Waals surface area contributed by atoms with Crippen LogP contribution in [0.3, 0.4) is 0 Å². The number of benzene rings is 1. The van der Waals surface area contributed by atoms with E-state index in [2.05, 4.69) is 0 Å². The fourth-order valence-electron chi connectivity index (χ4n) is 2.73. The Labute approximate surface area is 141 Å². The van der Waals surface area contributed by atoms with Gasteiger partial charge in [0.25, 0.3) is 0 Å². The summed E-state index contributed by atoms with van der Waals surface area (Å²) in [7, 11) is -3.01. The molecule has 1 atom stereocenters. The van der Waals surface area contributed by atoms with Crippen molar-refractivity contribution in [3.63, 3.8) is 0 Å². The van der Waals surface area contributed by atoms with Crippen molar-refractivity contribution < 1.29 is 17.6 Å². The molecule has 1 aliphatic rings. The van der Waals surface area contributed by atoms with Crippen molar-refractivity contribution in [3.05, 3.63) is 30.1 Å². The van der Waals surface area contributed by atoms with E-state index in [4.69, 9.17) is 0 Å². The minimum absolute atomic E-state index is 0.0437. The van der Waals surface area contributed by atoms with Crippen LogP contribution < -0.4 is 0 Å². The minimum Gasteiger partial charge on any atom is -0.339 e. The summed E-state index contributed by atoms with van der Waals surface area (Å²) in [6.07, 6.45) is 1.60. The molecule has 1 aromatic carbocycles. The molecule has 0 radical (unpaired) electrons. The maximum Gasteiger partial charge on any atom is 0.223 e. The van der Waals surface area contributed by atoms with Crippen LogP contribution in [0.2, 0.25) is 0 Å². The third kappa shape index (κ3) is 5.21. The van der Waals surface area contributed by atoms with E-state index >= 15 is 0 Å². The predicted octanol–water partition coefficient (Wildman–Crippen LogP) is 2.73. The van der Waals surface area contributed by atoms with E-state index in [1.165, 1.54) is 17.8 Å². The fourth-order valence-corrected chi connectivity index (χ4v) is 5.33. The number of carbonyl (C=O) groups excluding carboxylic acids is 1. The Bertz CT molecular complexity index is 648. The normalized spacial score (nSPS) is 19.7. The topological polar surface area (TPSA) is 54.5 Å². The van der Waals surface area contributed by atoms with Crippen LogP contribution >= 0.6 is 11.8 Å². The number of hydrogen-bond donors (Lipinski definition) is 0. The monoisotopic (exact) mass is 359 g/mol. The molecule has 1 fully saturated rings. The molecular weight excluding hydrogens is 337 g/mol. The van der Waals surface area contributed by atoms with Crippen LogP contribution in [-0.4, -0.2) is 49.1 Å². The highest BCUT2D eigenvalue weighted by molar-refractivity contribution is 7.99. The Kier molecular flexibility index (Phi) is 6.47. The molecule has 0 aromatic heterocycles. The van der Waals surface area contributed by atoms with Gasteiger partial charge in [0.1, 0.15) is 5.82 Å². The summed E-state index contributed by atoms with van der Waals surface area (Å²) in [5.74, 6) is 0.392. The molecule has 4 nitrogen and oxygen atoms in total. The zero-order chi connectivity index (χ0) is 16.9. The van der Waals surface area contributed by atoms with Gasteiger partial charge in [-0.05, 0) is 25.0 Å². The number of carbonyl (C=O) groups is 1. The molecule has 128 valence electrons. The summed E-state index contributed by atoms with van der Waals surface area (Å²) in [4.78, 5) is 14.7. The molecule has 0 saturated carbocycles. The van der Waals surface area contributed by atoms with Gasteiger partial charge < -0.3 is 4.90 Å². The lowest BCUT2D eigenvalue weighted by molar-refractivity contribution is -0.132. The van der Waals surface area contributed by atoms with E-state index in [0.717, 1.165) is 6.42 Å². The first-order valence-corrected chi connectivity index (χ1v) is 10.6. The molecule has 7 heteroatoms. The lowest BCUT2D eigenvalue weighted by Gasteiger charge is -2.28. The van der Waals surface area contributed by atoms with Gasteiger partial charge in [-0.15, -0.1) is 11.8 Å². The zero-order valence-electron chi connectivity index (χ0n) is 13.2. The van der Waals surface area contributed by atoms with Crippen molar-refractivity contribution in [2.75, 3.05) is 23.8 Å². The smallest absolute Gasteiger partial charge is 0.223 e. The van der Waals surface area contributed by atoms with Crippen molar-refractivity contribution in [1.29, 1.82) is 0 Å². The quantitative estimate of drug-likeness (QED) is 0.703. The molecule has 0 spiro atoms. The molecule has 0 N–H and O–H groups in total. The first kappa shape index (κ1) is 18.3. The van der Waals surface area contributed by atoms with Crippen molar-refractivity contribution in [2.24, 2.45) is 0 Å². The highest BCUT2D eigenvalue weighted by Gasteiger charge is 2.33. The molecule has 0 aliphatic carbocycles. The van der Waals surface area contributed by atoms with Gasteiger partial charge >= 0.3 is 0 Å². The summed E-state index contributed by atoms with van der Waals surface area (Å²) in [6.45, 7) is 2.54. The summed E-state index contributed by atoms with van der Waals surface area (Å²) in [5.41, 5.74) is 0. The van der Waals surface area contributed by atoms with E-state index in [1.54, 1.807) is 23.1 Å². The van der Waals surface area contributed by atoms with Crippen LogP contribution in [0.4, 0.5) is 4.39 Å². The van der Waals surface area contributed by atoms with Gasteiger partial charge in [-0.3, -0.25) is 4.79 Å². The number of sulfone groups is 1. The Morgan fingerprint density at radius 1 is 1.39 bits per heavy atom. The van der Waals surface area contributed by atoms with Crippen LogP contribution in [0.5, 0.6) is 0 Å². The Balaban J connectivity index is 1.90. The summed E-state index contributed by atoms with van der Waals surface area (Å²) >= 11 is 1.31. The second kappa shape index (κ2) is 8.15. The van der Waals surface area contributed by atoms with E-state index in [1.807, 2.05) is 6.92 Å². The van der Waals surface area contributed by atoms with Crippen LogP contribution in [-0.2, 0) is 14.6 Å². The maximum atomic E-state index is 13.5. The Morgan fingerprint density at radius 2 is 2.13 bits per heavy atom. The lowest BCUT2D eigenvalue weighted by Crippen LogP contribution is -2.41. The second-order valence-electron chi connectivity index (χ2n) is 5.67. The summed E-state index contributed by atoms with van der Waals surface area (Å²) in [6, 6.07) is 6.29. The third-order valence-electron chi connectivity index (χ3n) is 3.84. The Morgan fingerprint density at radius 3 is 2.74 bits per heavy atom. The van der Waals surface area contributed by atoms with Gasteiger partial charge in [-0.2, -0.15) is 0 Å². The van der Waals surface area contributed by atoms with Crippen molar-refractivity contribution in [1.82, 2.24) is 4.90 Å². The predicted molar refractivity (Wildman–Crippen MR) is 90.8 cm³/mol. The summed E-state index contributed by atoms with van der Waals surface area (Å²) in [5, 5.41) is 0. The van der Waals surface area contributed by atoms with E-state index < -0.39 is 9.84 Å². The number of nitrogens with zero attached hydrogens (tertiary/aromatic N) is 1. The van der Waals surface area contributed by atoms with Crippen LogP contribution in [0.1, 0.15) is 26.2 Å². The average molecular weight is 359 g/mol. The zero-order valence-corrected chi connectivity index (χ0v) is 14.8. The van der Waals surface area contributed by atoms with Crippen molar-refractivity contribution in [3.8, 4) is 0 Å². The molecule has 1 heterocycles. The molecule has 1 aromatic rings. The van der Waals surface area contributed by atoms with Crippen LogP contribution in [0, 0.1) is 5.82 Å². The molecule has 2 rings (SSSR count). The van der Waals surface area contributed by atoms with Crippen molar-refractivity contribution in [2.45, 2.75) is 37.1 Å². The number of hydrogen-bond acceptors (Lipinski definition) is 4. The third-order valence-corrected chi connectivity index (χ3v) is 6.64. The van der Waals surface area contributed by atoms with Crippen LogP contribution in [0.15, 0.2) is 29.2 Å². The summed E-state index contributed by atoms with van der Waals surface area (Å²) < 4.78 is 36.8. The average Bonchev–Trinajstić information content (AvgIpc) is 2.86. The molecule has 1 saturated heterocycles. The van der Waals surface area contributed by atoms with Gasteiger partial charge in [0, 0.05) is 29.7 Å². The number of thioether (sulfide) groups is 1. The highest BCUT2D eigenvalue weighted by Crippen LogP contribution is 2.23. The number of halogens is 1. The molecule has 23 heavy (non-hydrogen) atoms. The first-order valence-electron chi connectivity index (χ1n) is 7.80. The standard InChI is InChI=1S/C16H22FNO3S2/c1-2-9-18(13-8-11-23(20,21)12-13)16(19)7-10-22-15-6-4-3-5-14(15)17/h3-6,13H,2,7-12H2,1H3. The highest BCUT2D eigenvalue weighted by atomic mass is 32.2. The molecule has 0 bridgehead atoms. The minimum atomic E-state index is -3.01. The van der Waals surface area contributed by atoms with E-state index in [9.17, 15) is 17.6 Å². The Hall–Kier alpha value is -1.08. The molecule has 1 amide bonds. The molecular formula is C16H22FNO3S2. The molecule has 1 aliphatic heterocycles. The SMILES string of the molecule is CCCN(C(=O)CCSc1ccccc1F)C1CCS(=O)(=O)C1. The fraction of sp³-hybridized carbons (Fsp3) is 0.562. The van der Waals surface area contributed by atoms with Gasteiger partial charge in [0.2, 0.25) is 5.91 Å². The van der Waals surface area contributed by atoms with Gasteiger partial charge in [-0.25, -0.2) is 12.8 Å². The van der Waals surface area contributed by atoms with Gasteiger partial charge in [0.05, 0.1) is 11.5 Å². The lowest BCUT2D eigenvalue weighted by atomic mass is 10.2. The molecule has 1 unspecified atom stereocenters. The van der Waals surface area contributed by atoms with Crippen LogP contribution in [0.25, 0.3) is 0 Å². The number of amides is 1. The van der Waals surface area contributed by atoms with Crippen molar-refractivity contribution >= 4 is 27.5 Å². The largest absolute Gasteiger partial charge is 0.339 e. The number of rotatable bonds is 7. The van der Waals surface area contributed by atoms with E-state index in [0.29, 0.717) is 23.6 Å². The first-order chi connectivity index (χ1) is 10.9. The maximum absolute atomic E-state index is 13.5. The second-order valence-corrected chi connectivity index (χ2v) is 9.04. The van der Waals surface area contributed by atoms with E-state index in [-0.39, 0.29) is 35.7 Å². The van der Waals surface area contributed by atoms with Gasteiger partial charge in [-0.1, -0.05) is 19.1 Å².